The molecule has 0 aliphatic carbocycles. The SMILES string of the molecule is O=c1cccc(-c2cccc(N3CCCC3)c2)[nH]1. The van der Waals surface area contributed by atoms with Crippen molar-refractivity contribution >= 4 is 5.69 Å². The number of anilines is 1. The van der Waals surface area contributed by atoms with Crippen LogP contribution in [0.25, 0.3) is 11.3 Å². The van der Waals surface area contributed by atoms with Gasteiger partial charge in [0.05, 0.1) is 0 Å². The van der Waals surface area contributed by atoms with Crippen LogP contribution in [0.1, 0.15) is 12.8 Å². The van der Waals surface area contributed by atoms with Crippen molar-refractivity contribution in [3.8, 4) is 11.3 Å². The highest BCUT2D eigenvalue weighted by atomic mass is 16.1. The highest BCUT2D eigenvalue weighted by Gasteiger charge is 2.12. The molecule has 2 aromatic rings. The zero-order chi connectivity index (χ0) is 12.4. The number of hydrogen-bond donors (Lipinski definition) is 1. The maximum absolute atomic E-state index is 11.3. The largest absolute Gasteiger partial charge is 0.372 e. The minimum atomic E-state index is -0.0564. The minimum absolute atomic E-state index is 0.0564. The van der Waals surface area contributed by atoms with Crippen LogP contribution in [0.5, 0.6) is 0 Å². The zero-order valence-electron chi connectivity index (χ0n) is 10.2. The minimum Gasteiger partial charge on any atom is -0.372 e. The highest BCUT2D eigenvalue weighted by Crippen LogP contribution is 2.25. The molecule has 3 heteroatoms. The van der Waals surface area contributed by atoms with Gasteiger partial charge in [0.2, 0.25) is 5.56 Å². The average Bonchev–Trinajstić information content (AvgIpc) is 2.93. The molecule has 18 heavy (non-hydrogen) atoms. The first-order valence-corrected chi connectivity index (χ1v) is 6.38. The van der Waals surface area contributed by atoms with Crippen LogP contribution in [0, 0.1) is 0 Å². The first-order valence-electron chi connectivity index (χ1n) is 6.38. The molecule has 1 fully saturated rings. The normalized spacial score (nSPS) is 15.0. The van der Waals surface area contributed by atoms with Crippen molar-refractivity contribution in [3.63, 3.8) is 0 Å². The van der Waals surface area contributed by atoms with Gasteiger partial charge < -0.3 is 9.88 Å². The molecule has 92 valence electrons. The molecular weight excluding hydrogens is 224 g/mol. The van der Waals surface area contributed by atoms with E-state index in [1.54, 1.807) is 6.07 Å². The second kappa shape index (κ2) is 4.69. The standard InChI is InChI=1S/C15H16N2O/c18-15-8-4-7-14(16-15)12-5-3-6-13(11-12)17-9-1-2-10-17/h3-8,11H,1-2,9-10H2,(H,16,18). The van der Waals surface area contributed by atoms with Gasteiger partial charge in [0.25, 0.3) is 0 Å². The zero-order valence-corrected chi connectivity index (χ0v) is 10.2. The monoisotopic (exact) mass is 240 g/mol. The van der Waals surface area contributed by atoms with Crippen molar-refractivity contribution in [2.24, 2.45) is 0 Å². The van der Waals surface area contributed by atoms with E-state index in [1.807, 2.05) is 18.2 Å². The molecule has 1 aromatic heterocycles. The van der Waals surface area contributed by atoms with Gasteiger partial charge in [0, 0.05) is 36.1 Å². The summed E-state index contributed by atoms with van der Waals surface area (Å²) in [7, 11) is 0. The molecule has 0 bridgehead atoms. The summed E-state index contributed by atoms with van der Waals surface area (Å²) in [6.07, 6.45) is 2.54. The predicted molar refractivity (Wildman–Crippen MR) is 73.9 cm³/mol. The van der Waals surface area contributed by atoms with E-state index in [0.29, 0.717) is 0 Å². The van der Waals surface area contributed by atoms with Crippen molar-refractivity contribution in [1.82, 2.24) is 4.98 Å². The fraction of sp³-hybridized carbons (Fsp3) is 0.267. The highest BCUT2D eigenvalue weighted by molar-refractivity contribution is 5.65. The summed E-state index contributed by atoms with van der Waals surface area (Å²) in [4.78, 5) is 16.6. The Balaban J connectivity index is 1.97. The Morgan fingerprint density at radius 2 is 1.78 bits per heavy atom. The third kappa shape index (κ3) is 2.16. The molecule has 1 aliphatic rings. The summed E-state index contributed by atoms with van der Waals surface area (Å²) in [6.45, 7) is 2.27. The van der Waals surface area contributed by atoms with Crippen LogP contribution in [0.4, 0.5) is 5.69 Å². The van der Waals surface area contributed by atoms with Gasteiger partial charge in [-0.15, -0.1) is 0 Å². The van der Waals surface area contributed by atoms with Gasteiger partial charge in [0.1, 0.15) is 0 Å². The average molecular weight is 240 g/mol. The summed E-state index contributed by atoms with van der Waals surface area (Å²) < 4.78 is 0. The first kappa shape index (κ1) is 11.1. The topological polar surface area (TPSA) is 36.1 Å². The Morgan fingerprint density at radius 1 is 1.00 bits per heavy atom. The molecule has 1 N–H and O–H groups in total. The van der Waals surface area contributed by atoms with Gasteiger partial charge in [-0.3, -0.25) is 4.79 Å². The molecule has 2 heterocycles. The Bertz CT molecular complexity index is 597. The molecule has 3 nitrogen and oxygen atoms in total. The molecule has 3 rings (SSSR count). The molecule has 1 saturated heterocycles. The van der Waals surface area contributed by atoms with Crippen LogP contribution in [-0.4, -0.2) is 18.1 Å². The van der Waals surface area contributed by atoms with E-state index in [1.165, 1.54) is 24.6 Å². The molecule has 0 unspecified atom stereocenters. The van der Waals surface area contributed by atoms with Crippen LogP contribution >= 0.6 is 0 Å². The van der Waals surface area contributed by atoms with Gasteiger partial charge in [-0.1, -0.05) is 18.2 Å². The van der Waals surface area contributed by atoms with E-state index >= 15 is 0 Å². The van der Waals surface area contributed by atoms with Crippen molar-refractivity contribution < 1.29 is 0 Å². The number of aromatic nitrogens is 1. The maximum atomic E-state index is 11.3. The van der Waals surface area contributed by atoms with E-state index in [2.05, 4.69) is 22.0 Å². The second-order valence-electron chi connectivity index (χ2n) is 4.67. The molecule has 0 spiro atoms. The van der Waals surface area contributed by atoms with E-state index in [9.17, 15) is 4.79 Å². The number of rotatable bonds is 2. The number of benzene rings is 1. The maximum Gasteiger partial charge on any atom is 0.248 e. The smallest absolute Gasteiger partial charge is 0.248 e. The summed E-state index contributed by atoms with van der Waals surface area (Å²) in [6, 6.07) is 13.6. The fourth-order valence-electron chi connectivity index (χ4n) is 2.46. The Labute approximate surface area is 106 Å². The molecule has 0 atom stereocenters. The lowest BCUT2D eigenvalue weighted by Gasteiger charge is -2.18. The van der Waals surface area contributed by atoms with Crippen LogP contribution in [0.2, 0.25) is 0 Å². The van der Waals surface area contributed by atoms with E-state index < -0.39 is 0 Å². The van der Waals surface area contributed by atoms with E-state index in [4.69, 9.17) is 0 Å². The molecule has 1 aliphatic heterocycles. The van der Waals surface area contributed by atoms with Gasteiger partial charge in [-0.05, 0) is 31.0 Å². The molecular formula is C15H16N2O. The van der Waals surface area contributed by atoms with Crippen LogP contribution in [0.3, 0.4) is 0 Å². The van der Waals surface area contributed by atoms with Crippen molar-refractivity contribution in [2.45, 2.75) is 12.8 Å². The molecule has 0 radical (unpaired) electrons. The number of H-pyrrole nitrogens is 1. The second-order valence-corrected chi connectivity index (χ2v) is 4.67. The number of aromatic amines is 1. The fourth-order valence-corrected chi connectivity index (χ4v) is 2.46. The third-order valence-corrected chi connectivity index (χ3v) is 3.40. The van der Waals surface area contributed by atoms with Crippen molar-refractivity contribution in [1.29, 1.82) is 0 Å². The number of pyridine rings is 1. The van der Waals surface area contributed by atoms with Crippen LogP contribution in [-0.2, 0) is 0 Å². The summed E-state index contributed by atoms with van der Waals surface area (Å²) in [5.41, 5.74) is 3.13. The molecule has 1 aromatic carbocycles. The predicted octanol–water partition coefficient (Wildman–Crippen LogP) is 2.64. The number of nitrogens with zero attached hydrogens (tertiary/aromatic N) is 1. The van der Waals surface area contributed by atoms with Gasteiger partial charge in [0.15, 0.2) is 0 Å². The quantitative estimate of drug-likeness (QED) is 0.876. The third-order valence-electron chi connectivity index (χ3n) is 3.40. The van der Waals surface area contributed by atoms with Crippen molar-refractivity contribution in [3.05, 3.63) is 52.8 Å². The summed E-state index contributed by atoms with van der Waals surface area (Å²) in [5.74, 6) is 0. The number of hydrogen-bond acceptors (Lipinski definition) is 2. The van der Waals surface area contributed by atoms with E-state index in [0.717, 1.165) is 24.3 Å². The Kier molecular flexibility index (Phi) is 2.89. The van der Waals surface area contributed by atoms with Gasteiger partial charge in [-0.2, -0.15) is 0 Å². The lowest BCUT2D eigenvalue weighted by atomic mass is 10.1. The Hall–Kier alpha value is -2.03. The summed E-state index contributed by atoms with van der Waals surface area (Å²) >= 11 is 0. The van der Waals surface area contributed by atoms with Gasteiger partial charge in [-0.25, -0.2) is 0 Å². The van der Waals surface area contributed by atoms with Crippen LogP contribution < -0.4 is 10.5 Å². The van der Waals surface area contributed by atoms with Gasteiger partial charge >= 0.3 is 0 Å². The summed E-state index contributed by atoms with van der Waals surface area (Å²) in [5, 5.41) is 0. The lowest BCUT2D eigenvalue weighted by molar-refractivity contribution is 0.949. The van der Waals surface area contributed by atoms with E-state index in [-0.39, 0.29) is 5.56 Å². The lowest BCUT2D eigenvalue weighted by Crippen LogP contribution is -2.17. The van der Waals surface area contributed by atoms with Crippen molar-refractivity contribution in [2.75, 3.05) is 18.0 Å². The molecule has 0 amide bonds. The first-order chi connectivity index (χ1) is 8.83. The Morgan fingerprint density at radius 3 is 2.56 bits per heavy atom. The number of nitrogens with one attached hydrogen (secondary N) is 1. The molecule has 0 saturated carbocycles. The van der Waals surface area contributed by atoms with Crippen LogP contribution in [0.15, 0.2) is 47.3 Å².